The molecule has 4 rings (SSSR count). The van der Waals surface area contributed by atoms with E-state index in [2.05, 4.69) is 59.6 Å². The largest absolute Gasteiger partial charge is 0.358 e. The highest BCUT2D eigenvalue weighted by Gasteiger charge is 2.03. The summed E-state index contributed by atoms with van der Waals surface area (Å²) in [5, 5.41) is 2.44. The Balaban J connectivity index is 1.72. The van der Waals surface area contributed by atoms with Crippen molar-refractivity contribution in [3.8, 4) is 0 Å². The number of hydrogen-bond acceptors (Lipinski definition) is 1. The molecule has 0 unspecified atom stereocenters. The maximum Gasteiger partial charge on any atom is 0.0705 e. The Hall–Kier alpha value is -2.61. The van der Waals surface area contributed by atoms with Crippen molar-refractivity contribution >= 4 is 21.8 Å². The smallest absolute Gasteiger partial charge is 0.0705 e. The topological polar surface area (TPSA) is 28.7 Å². The number of benzene rings is 2. The van der Waals surface area contributed by atoms with Crippen LogP contribution in [-0.2, 0) is 6.42 Å². The molecule has 0 aliphatic carbocycles. The molecule has 1 N–H and O–H groups in total. The predicted molar refractivity (Wildman–Crippen MR) is 82.8 cm³/mol. The van der Waals surface area contributed by atoms with Crippen molar-refractivity contribution in [2.24, 2.45) is 0 Å². The van der Waals surface area contributed by atoms with Crippen LogP contribution in [0.3, 0.4) is 0 Å². The van der Waals surface area contributed by atoms with E-state index in [0.29, 0.717) is 0 Å². The lowest BCUT2D eigenvalue weighted by atomic mass is 10.1. The number of aromatic nitrogens is 2. The Bertz CT molecular complexity index is 857. The first-order valence-corrected chi connectivity index (χ1v) is 6.80. The third-order valence-corrected chi connectivity index (χ3v) is 3.61. The van der Waals surface area contributed by atoms with E-state index < -0.39 is 0 Å². The minimum Gasteiger partial charge on any atom is -0.358 e. The molecule has 0 saturated heterocycles. The summed E-state index contributed by atoms with van der Waals surface area (Å²) in [6, 6.07) is 23.0. The zero-order valence-electron chi connectivity index (χ0n) is 11.0. The number of nitrogens with one attached hydrogen (secondary N) is 1. The Morgan fingerprint density at radius 2 is 1.60 bits per heavy atom. The summed E-state index contributed by atoms with van der Waals surface area (Å²) in [4.78, 5) is 8.17. The molecule has 4 aromatic rings. The third-order valence-electron chi connectivity index (χ3n) is 3.61. The lowest BCUT2D eigenvalue weighted by Gasteiger charge is -2.01. The van der Waals surface area contributed by atoms with Crippen molar-refractivity contribution in [1.29, 1.82) is 0 Å². The Kier molecular flexibility index (Phi) is 2.52. The number of para-hydroxylation sites is 2. The quantitative estimate of drug-likeness (QED) is 0.570. The highest BCUT2D eigenvalue weighted by molar-refractivity contribution is 5.80. The summed E-state index contributed by atoms with van der Waals surface area (Å²) in [6.07, 6.45) is 0.833. The lowest BCUT2D eigenvalue weighted by Crippen LogP contribution is -1.92. The fraction of sp³-hybridized carbons (Fsp3) is 0.0556. The molecule has 2 aromatic heterocycles. The molecular weight excluding hydrogens is 244 g/mol. The summed E-state index contributed by atoms with van der Waals surface area (Å²) in [5.41, 5.74) is 4.54. The fourth-order valence-electron chi connectivity index (χ4n) is 2.63. The third kappa shape index (κ3) is 1.95. The number of rotatable bonds is 2. The summed E-state index contributed by atoms with van der Waals surface area (Å²) in [5.74, 6) is 0. The Morgan fingerprint density at radius 1 is 0.800 bits per heavy atom. The molecule has 2 heterocycles. The molecular formula is C18H14N2. The van der Waals surface area contributed by atoms with Gasteiger partial charge >= 0.3 is 0 Å². The van der Waals surface area contributed by atoms with Gasteiger partial charge in [-0.1, -0.05) is 42.5 Å². The van der Waals surface area contributed by atoms with Gasteiger partial charge in [0, 0.05) is 28.7 Å². The van der Waals surface area contributed by atoms with Crippen molar-refractivity contribution < 1.29 is 0 Å². The number of fused-ring (bicyclic) bond motifs is 2. The lowest BCUT2D eigenvalue weighted by molar-refractivity contribution is 1.06. The van der Waals surface area contributed by atoms with Crippen LogP contribution >= 0.6 is 0 Å². The molecule has 0 fully saturated rings. The van der Waals surface area contributed by atoms with Crippen molar-refractivity contribution in [2.75, 3.05) is 0 Å². The van der Waals surface area contributed by atoms with E-state index in [-0.39, 0.29) is 0 Å². The number of nitrogens with zero attached hydrogens (tertiary/aromatic N) is 1. The minimum atomic E-state index is 0.833. The van der Waals surface area contributed by atoms with E-state index in [1.54, 1.807) is 0 Å². The first-order chi connectivity index (χ1) is 9.88. The van der Waals surface area contributed by atoms with Gasteiger partial charge in [-0.05, 0) is 29.7 Å². The van der Waals surface area contributed by atoms with Crippen LogP contribution in [0, 0.1) is 0 Å². The second kappa shape index (κ2) is 4.49. The molecule has 2 nitrogen and oxygen atoms in total. The van der Waals surface area contributed by atoms with Crippen molar-refractivity contribution in [1.82, 2.24) is 9.97 Å². The number of aromatic amines is 1. The molecule has 2 aromatic carbocycles. The van der Waals surface area contributed by atoms with E-state index in [1.165, 1.54) is 22.0 Å². The van der Waals surface area contributed by atoms with Gasteiger partial charge in [0.25, 0.3) is 0 Å². The van der Waals surface area contributed by atoms with Crippen molar-refractivity contribution in [2.45, 2.75) is 6.42 Å². The molecule has 0 aliphatic heterocycles. The van der Waals surface area contributed by atoms with Crippen LogP contribution in [0.4, 0.5) is 0 Å². The summed E-state index contributed by atoms with van der Waals surface area (Å²) < 4.78 is 0. The molecule has 0 saturated carbocycles. The molecule has 0 aliphatic rings. The van der Waals surface area contributed by atoms with E-state index >= 15 is 0 Å². The van der Waals surface area contributed by atoms with Gasteiger partial charge in [-0.3, -0.25) is 4.98 Å². The van der Waals surface area contributed by atoms with Gasteiger partial charge in [0.05, 0.1) is 5.52 Å². The molecule has 0 amide bonds. The minimum absolute atomic E-state index is 0.833. The van der Waals surface area contributed by atoms with Crippen LogP contribution < -0.4 is 0 Å². The second-order valence-electron chi connectivity index (χ2n) is 5.05. The first kappa shape index (κ1) is 11.2. The number of pyridine rings is 1. The fourth-order valence-corrected chi connectivity index (χ4v) is 2.63. The van der Waals surface area contributed by atoms with Gasteiger partial charge in [-0.25, -0.2) is 0 Å². The van der Waals surface area contributed by atoms with Crippen LogP contribution in [0.5, 0.6) is 0 Å². The molecule has 0 radical (unpaired) electrons. The van der Waals surface area contributed by atoms with Crippen LogP contribution in [0.1, 0.15) is 11.4 Å². The van der Waals surface area contributed by atoms with E-state index in [4.69, 9.17) is 4.98 Å². The van der Waals surface area contributed by atoms with Crippen LogP contribution in [0.15, 0.2) is 66.7 Å². The molecule has 0 spiro atoms. The number of H-pyrrole nitrogens is 1. The van der Waals surface area contributed by atoms with E-state index in [9.17, 15) is 0 Å². The van der Waals surface area contributed by atoms with Gasteiger partial charge in [-0.2, -0.15) is 0 Å². The molecule has 0 bridgehead atoms. The van der Waals surface area contributed by atoms with Gasteiger partial charge < -0.3 is 4.98 Å². The Labute approximate surface area is 117 Å². The normalized spacial score (nSPS) is 11.2. The zero-order valence-corrected chi connectivity index (χ0v) is 11.0. The molecule has 0 atom stereocenters. The molecule has 96 valence electrons. The van der Waals surface area contributed by atoms with Crippen molar-refractivity contribution in [3.05, 3.63) is 78.1 Å². The van der Waals surface area contributed by atoms with E-state index in [0.717, 1.165) is 17.6 Å². The zero-order chi connectivity index (χ0) is 13.4. The first-order valence-electron chi connectivity index (χ1n) is 6.80. The molecule has 20 heavy (non-hydrogen) atoms. The number of hydrogen-bond donors (Lipinski definition) is 1. The van der Waals surface area contributed by atoms with Gasteiger partial charge in [-0.15, -0.1) is 0 Å². The standard InChI is InChI=1S/C18H14N2/c1-3-7-17-13(5-1)9-10-15(19-17)12-16-11-14-6-2-4-8-18(14)20-16/h1-11,20H,12H2. The summed E-state index contributed by atoms with van der Waals surface area (Å²) in [7, 11) is 0. The predicted octanol–water partition coefficient (Wildman–Crippen LogP) is 4.31. The summed E-state index contributed by atoms with van der Waals surface area (Å²) in [6.45, 7) is 0. The van der Waals surface area contributed by atoms with Crippen LogP contribution in [0.25, 0.3) is 21.8 Å². The average Bonchev–Trinajstić information content (AvgIpc) is 2.89. The highest BCUT2D eigenvalue weighted by atomic mass is 14.7. The summed E-state index contributed by atoms with van der Waals surface area (Å²) >= 11 is 0. The van der Waals surface area contributed by atoms with Crippen LogP contribution in [-0.4, -0.2) is 9.97 Å². The van der Waals surface area contributed by atoms with E-state index in [1.807, 2.05) is 12.1 Å². The maximum absolute atomic E-state index is 4.72. The van der Waals surface area contributed by atoms with Gasteiger partial charge in [0.1, 0.15) is 0 Å². The van der Waals surface area contributed by atoms with Crippen LogP contribution in [0.2, 0.25) is 0 Å². The molecule has 2 heteroatoms. The maximum atomic E-state index is 4.72. The monoisotopic (exact) mass is 258 g/mol. The van der Waals surface area contributed by atoms with Crippen molar-refractivity contribution in [3.63, 3.8) is 0 Å². The van der Waals surface area contributed by atoms with Gasteiger partial charge in [0.2, 0.25) is 0 Å². The Morgan fingerprint density at radius 3 is 2.50 bits per heavy atom. The van der Waals surface area contributed by atoms with Gasteiger partial charge in [0.15, 0.2) is 0 Å². The second-order valence-corrected chi connectivity index (χ2v) is 5.05. The average molecular weight is 258 g/mol. The highest BCUT2D eigenvalue weighted by Crippen LogP contribution is 2.18. The SMILES string of the molecule is c1ccc2nc(Cc3cc4ccccc4[nH]3)ccc2c1.